The van der Waals surface area contributed by atoms with E-state index in [0.717, 1.165) is 12.8 Å². The molecule has 0 atom stereocenters. The van der Waals surface area contributed by atoms with Crippen LogP contribution in [0.15, 0.2) is 83.8 Å². The van der Waals surface area contributed by atoms with Gasteiger partial charge in [-0.25, -0.2) is 8.42 Å². The number of sulfone groups is 1. The maximum absolute atomic E-state index is 12.6. The average Bonchev–Trinajstić information content (AvgIpc) is 3.59. The molecule has 0 spiro atoms. The van der Waals surface area contributed by atoms with Crippen molar-refractivity contribution in [2.24, 2.45) is 0 Å². The molecule has 0 aliphatic heterocycles. The van der Waals surface area contributed by atoms with Gasteiger partial charge in [0.15, 0.2) is 9.84 Å². The minimum Gasteiger partial charge on any atom is -0.349 e. The summed E-state index contributed by atoms with van der Waals surface area (Å²) < 4.78 is 25.2. The standard InChI is InChI=1S/C24H22N2O4S/c27-23(25-21-13-14-21)18-9-11-20(12-10-18)26-24(28)19-6-4-5-17(15-19)16-31(29,30)22-7-2-1-3-8-22/h1-12,15,21H,13-14,16H2,(H,25,27)(H,26,28). The fraction of sp³-hybridized carbons (Fsp3) is 0.167. The van der Waals surface area contributed by atoms with Crippen molar-refractivity contribution in [3.05, 3.63) is 95.6 Å². The normalized spacial score (nSPS) is 13.4. The summed E-state index contributed by atoms with van der Waals surface area (Å²) in [5.41, 5.74) is 1.98. The summed E-state index contributed by atoms with van der Waals surface area (Å²) in [5.74, 6) is -0.662. The topological polar surface area (TPSA) is 92.3 Å². The predicted octanol–water partition coefficient (Wildman–Crippen LogP) is 3.81. The Hall–Kier alpha value is -3.45. The molecule has 1 fully saturated rings. The van der Waals surface area contributed by atoms with Crippen LogP contribution in [0.2, 0.25) is 0 Å². The SMILES string of the molecule is O=C(Nc1ccc(C(=O)NC2CC2)cc1)c1cccc(CS(=O)(=O)c2ccccc2)c1. The fourth-order valence-electron chi connectivity index (χ4n) is 3.14. The van der Waals surface area contributed by atoms with Gasteiger partial charge in [-0.15, -0.1) is 0 Å². The van der Waals surface area contributed by atoms with E-state index in [2.05, 4.69) is 10.6 Å². The van der Waals surface area contributed by atoms with Crippen LogP contribution < -0.4 is 10.6 Å². The van der Waals surface area contributed by atoms with Gasteiger partial charge in [0.05, 0.1) is 10.6 Å². The van der Waals surface area contributed by atoms with Crippen molar-refractivity contribution in [1.29, 1.82) is 0 Å². The zero-order chi connectivity index (χ0) is 21.8. The van der Waals surface area contributed by atoms with Gasteiger partial charge in [0, 0.05) is 22.9 Å². The van der Waals surface area contributed by atoms with Crippen LogP contribution in [-0.4, -0.2) is 26.3 Å². The number of amides is 2. The highest BCUT2D eigenvalue weighted by Gasteiger charge is 2.23. The first-order valence-corrected chi connectivity index (χ1v) is 11.6. The Kier molecular flexibility index (Phi) is 5.86. The molecule has 6 nitrogen and oxygen atoms in total. The maximum Gasteiger partial charge on any atom is 0.255 e. The van der Waals surface area contributed by atoms with E-state index < -0.39 is 9.84 Å². The molecule has 1 aliphatic carbocycles. The molecule has 1 saturated carbocycles. The van der Waals surface area contributed by atoms with E-state index in [-0.39, 0.29) is 28.5 Å². The summed E-state index contributed by atoms with van der Waals surface area (Å²) in [6, 6.07) is 21.7. The van der Waals surface area contributed by atoms with Crippen molar-refractivity contribution < 1.29 is 18.0 Å². The molecule has 0 radical (unpaired) electrons. The summed E-state index contributed by atoms with van der Waals surface area (Å²) >= 11 is 0. The van der Waals surface area contributed by atoms with E-state index in [1.807, 2.05) is 0 Å². The Morgan fingerprint density at radius 2 is 1.52 bits per heavy atom. The fourth-order valence-corrected chi connectivity index (χ4v) is 4.49. The van der Waals surface area contributed by atoms with Crippen molar-refractivity contribution in [2.45, 2.75) is 29.5 Å². The lowest BCUT2D eigenvalue weighted by Crippen LogP contribution is -2.25. The van der Waals surface area contributed by atoms with Crippen molar-refractivity contribution in [1.82, 2.24) is 5.32 Å². The largest absolute Gasteiger partial charge is 0.349 e. The average molecular weight is 435 g/mol. The molecule has 3 aromatic rings. The summed E-state index contributed by atoms with van der Waals surface area (Å²) in [5, 5.41) is 5.70. The molecule has 2 N–H and O–H groups in total. The van der Waals surface area contributed by atoms with E-state index in [9.17, 15) is 18.0 Å². The predicted molar refractivity (Wildman–Crippen MR) is 119 cm³/mol. The Morgan fingerprint density at radius 3 is 2.19 bits per heavy atom. The summed E-state index contributed by atoms with van der Waals surface area (Å²) in [6.45, 7) is 0. The van der Waals surface area contributed by atoms with Crippen molar-refractivity contribution in [3.63, 3.8) is 0 Å². The molecule has 2 amide bonds. The molecule has 3 aromatic carbocycles. The molecule has 1 aliphatic rings. The highest BCUT2D eigenvalue weighted by molar-refractivity contribution is 7.90. The second kappa shape index (κ2) is 8.73. The highest BCUT2D eigenvalue weighted by atomic mass is 32.2. The van der Waals surface area contributed by atoms with Gasteiger partial charge in [-0.3, -0.25) is 9.59 Å². The van der Waals surface area contributed by atoms with Crippen LogP contribution in [0.25, 0.3) is 0 Å². The molecule has 0 saturated heterocycles. The molecule has 31 heavy (non-hydrogen) atoms. The minimum absolute atomic E-state index is 0.118. The number of carbonyl (C=O) groups excluding carboxylic acids is 2. The molecule has 158 valence electrons. The highest BCUT2D eigenvalue weighted by Crippen LogP contribution is 2.20. The molecule has 0 aromatic heterocycles. The number of benzene rings is 3. The lowest BCUT2D eigenvalue weighted by molar-refractivity contribution is 0.0950. The summed E-state index contributed by atoms with van der Waals surface area (Å²) in [6.07, 6.45) is 2.04. The maximum atomic E-state index is 12.6. The Morgan fingerprint density at radius 1 is 0.806 bits per heavy atom. The Balaban J connectivity index is 1.42. The van der Waals surface area contributed by atoms with E-state index in [4.69, 9.17) is 0 Å². The van der Waals surface area contributed by atoms with Gasteiger partial charge in [-0.1, -0.05) is 30.3 Å². The third kappa shape index (κ3) is 5.38. The lowest BCUT2D eigenvalue weighted by atomic mass is 10.1. The number of hydrogen-bond donors (Lipinski definition) is 2. The number of nitrogens with one attached hydrogen (secondary N) is 2. The van der Waals surface area contributed by atoms with Gasteiger partial charge < -0.3 is 10.6 Å². The smallest absolute Gasteiger partial charge is 0.255 e. The van der Waals surface area contributed by atoms with E-state index in [1.165, 1.54) is 0 Å². The number of hydrogen-bond acceptors (Lipinski definition) is 4. The van der Waals surface area contributed by atoms with Gasteiger partial charge in [0.25, 0.3) is 11.8 Å². The second-order valence-corrected chi connectivity index (χ2v) is 9.54. The van der Waals surface area contributed by atoms with Crippen LogP contribution in [0.1, 0.15) is 39.1 Å². The number of anilines is 1. The molecule has 7 heteroatoms. The van der Waals surface area contributed by atoms with Gasteiger partial charge in [0.2, 0.25) is 0 Å². The quantitative estimate of drug-likeness (QED) is 0.592. The van der Waals surface area contributed by atoms with Crippen LogP contribution in [0.3, 0.4) is 0 Å². The second-order valence-electron chi connectivity index (χ2n) is 7.55. The van der Waals surface area contributed by atoms with E-state index in [1.54, 1.807) is 78.9 Å². The molecule has 0 bridgehead atoms. The van der Waals surface area contributed by atoms with Gasteiger partial charge in [-0.05, 0) is 66.9 Å². The van der Waals surface area contributed by atoms with Gasteiger partial charge in [0.1, 0.15) is 0 Å². The van der Waals surface area contributed by atoms with Gasteiger partial charge >= 0.3 is 0 Å². The van der Waals surface area contributed by atoms with Crippen LogP contribution in [0, 0.1) is 0 Å². The van der Waals surface area contributed by atoms with E-state index >= 15 is 0 Å². The zero-order valence-corrected chi connectivity index (χ0v) is 17.6. The van der Waals surface area contributed by atoms with Crippen LogP contribution in [0.4, 0.5) is 5.69 Å². The molecule has 0 unspecified atom stereocenters. The van der Waals surface area contributed by atoms with Gasteiger partial charge in [-0.2, -0.15) is 0 Å². The first kappa shape index (κ1) is 20.8. The number of rotatable bonds is 7. The zero-order valence-electron chi connectivity index (χ0n) is 16.7. The molecular weight excluding hydrogens is 412 g/mol. The molecular formula is C24H22N2O4S. The van der Waals surface area contributed by atoms with Crippen LogP contribution in [0.5, 0.6) is 0 Å². The monoisotopic (exact) mass is 434 g/mol. The molecule has 0 heterocycles. The van der Waals surface area contributed by atoms with Crippen molar-refractivity contribution in [2.75, 3.05) is 5.32 Å². The van der Waals surface area contributed by atoms with Crippen LogP contribution >= 0.6 is 0 Å². The third-order valence-electron chi connectivity index (χ3n) is 4.97. The summed E-state index contributed by atoms with van der Waals surface area (Å²) in [7, 11) is -3.50. The Labute approximate surface area is 181 Å². The first-order valence-electron chi connectivity index (χ1n) is 10.00. The molecule has 4 rings (SSSR count). The number of carbonyl (C=O) groups is 2. The minimum atomic E-state index is -3.50. The lowest BCUT2D eigenvalue weighted by Gasteiger charge is -2.09. The Bertz CT molecular complexity index is 1200. The third-order valence-corrected chi connectivity index (χ3v) is 6.67. The van der Waals surface area contributed by atoms with Crippen molar-refractivity contribution >= 4 is 27.3 Å². The van der Waals surface area contributed by atoms with E-state index in [0.29, 0.717) is 22.4 Å². The summed E-state index contributed by atoms with van der Waals surface area (Å²) in [4.78, 5) is 24.9. The van der Waals surface area contributed by atoms with Crippen molar-refractivity contribution in [3.8, 4) is 0 Å². The van der Waals surface area contributed by atoms with Crippen LogP contribution in [-0.2, 0) is 15.6 Å². The first-order chi connectivity index (χ1) is 14.9.